The molecule has 214 valence electrons. The number of carbonyl (C=O) groups excluding carboxylic acids is 1. The fraction of sp³-hybridized carbons (Fsp3) is 0.607. The molecule has 3 aliphatic rings. The SMILES string of the molecule is CCNC(=O)N1CCc2nc(N3CCC(C[N+]4(C)CCCC4)CC3)nc(NCc3ccc(Cl)cc3Cl)c2C1.[I-]. The first kappa shape index (κ1) is 30.4. The van der Waals surface area contributed by atoms with Crippen molar-refractivity contribution in [3.05, 3.63) is 45.1 Å². The third-order valence-electron chi connectivity index (χ3n) is 8.37. The van der Waals surface area contributed by atoms with Crippen LogP contribution in [0.5, 0.6) is 0 Å². The number of carbonyl (C=O) groups is 1. The molecule has 2 aromatic rings. The van der Waals surface area contributed by atoms with E-state index in [9.17, 15) is 4.79 Å². The highest BCUT2D eigenvalue weighted by atomic mass is 127. The number of fused-ring (bicyclic) bond motifs is 1. The van der Waals surface area contributed by atoms with Gasteiger partial charge >= 0.3 is 6.03 Å². The summed E-state index contributed by atoms with van der Waals surface area (Å²) in [5, 5.41) is 7.67. The maximum atomic E-state index is 12.6. The number of piperidine rings is 1. The van der Waals surface area contributed by atoms with E-state index >= 15 is 0 Å². The van der Waals surface area contributed by atoms with Crippen molar-refractivity contribution in [2.45, 2.75) is 52.1 Å². The molecular weight excluding hydrogens is 648 g/mol. The number of likely N-dealkylation sites (tertiary alicyclic amines) is 1. The number of rotatable bonds is 7. The number of amides is 2. The third kappa shape index (κ3) is 7.40. The lowest BCUT2D eigenvalue weighted by atomic mass is 9.95. The summed E-state index contributed by atoms with van der Waals surface area (Å²) in [5.74, 6) is 2.34. The van der Waals surface area contributed by atoms with Crippen LogP contribution in [0.4, 0.5) is 16.6 Å². The van der Waals surface area contributed by atoms with E-state index in [0.717, 1.165) is 47.6 Å². The summed E-state index contributed by atoms with van der Waals surface area (Å²) in [7, 11) is 2.43. The van der Waals surface area contributed by atoms with Crippen LogP contribution < -0.4 is 39.5 Å². The molecule has 4 heterocycles. The van der Waals surface area contributed by atoms with Crippen LogP contribution in [-0.4, -0.2) is 78.2 Å². The van der Waals surface area contributed by atoms with E-state index in [-0.39, 0.29) is 30.0 Å². The van der Waals surface area contributed by atoms with E-state index in [4.69, 9.17) is 33.2 Å². The fourth-order valence-corrected chi connectivity index (χ4v) is 6.66. The van der Waals surface area contributed by atoms with Gasteiger partial charge in [0.1, 0.15) is 5.82 Å². The number of halogens is 3. The molecule has 2 N–H and O–H groups in total. The highest BCUT2D eigenvalue weighted by Gasteiger charge is 2.33. The van der Waals surface area contributed by atoms with E-state index in [1.807, 2.05) is 24.0 Å². The Morgan fingerprint density at radius 1 is 1.13 bits per heavy atom. The lowest BCUT2D eigenvalue weighted by Crippen LogP contribution is -3.00. The Balaban J connectivity index is 0.00000353. The number of hydrogen-bond donors (Lipinski definition) is 2. The average Bonchev–Trinajstić information content (AvgIpc) is 3.34. The minimum absolute atomic E-state index is 0. The lowest BCUT2D eigenvalue weighted by Gasteiger charge is -2.38. The van der Waals surface area contributed by atoms with Gasteiger partial charge in [0.2, 0.25) is 5.95 Å². The van der Waals surface area contributed by atoms with Crippen LogP contribution in [0.3, 0.4) is 0 Å². The maximum absolute atomic E-state index is 12.6. The number of quaternary nitrogens is 1. The molecule has 39 heavy (non-hydrogen) atoms. The van der Waals surface area contributed by atoms with E-state index in [0.29, 0.717) is 42.6 Å². The zero-order valence-electron chi connectivity index (χ0n) is 23.0. The van der Waals surface area contributed by atoms with Gasteiger partial charge in [-0.25, -0.2) is 9.78 Å². The summed E-state index contributed by atoms with van der Waals surface area (Å²) in [5.41, 5.74) is 2.95. The first-order valence-electron chi connectivity index (χ1n) is 14.0. The summed E-state index contributed by atoms with van der Waals surface area (Å²) in [4.78, 5) is 26.8. The van der Waals surface area contributed by atoms with Crippen molar-refractivity contribution >= 4 is 41.0 Å². The van der Waals surface area contributed by atoms with Crippen LogP contribution in [0.2, 0.25) is 10.0 Å². The van der Waals surface area contributed by atoms with Crippen molar-refractivity contribution in [1.29, 1.82) is 0 Å². The Morgan fingerprint density at radius 2 is 1.87 bits per heavy atom. The van der Waals surface area contributed by atoms with Gasteiger partial charge < -0.3 is 48.9 Å². The lowest BCUT2D eigenvalue weighted by molar-refractivity contribution is -0.901. The quantitative estimate of drug-likeness (QED) is 0.344. The van der Waals surface area contributed by atoms with Crippen molar-refractivity contribution in [2.75, 3.05) is 63.1 Å². The Kier molecular flexibility index (Phi) is 10.4. The van der Waals surface area contributed by atoms with E-state index in [1.165, 1.54) is 49.8 Å². The Hall–Kier alpha value is -1.56. The normalized spacial score (nSPS) is 18.9. The van der Waals surface area contributed by atoms with Crippen LogP contribution in [0.1, 0.15) is 49.4 Å². The summed E-state index contributed by atoms with van der Waals surface area (Å²) in [6, 6.07) is 5.48. The van der Waals surface area contributed by atoms with Crippen LogP contribution in [0, 0.1) is 5.92 Å². The highest BCUT2D eigenvalue weighted by Crippen LogP contribution is 2.31. The van der Waals surface area contributed by atoms with Crippen LogP contribution in [-0.2, 0) is 19.5 Å². The molecule has 0 atom stereocenters. The van der Waals surface area contributed by atoms with Crippen LogP contribution in [0.15, 0.2) is 18.2 Å². The monoisotopic (exact) mass is 687 g/mol. The van der Waals surface area contributed by atoms with Gasteiger partial charge in [-0.2, -0.15) is 4.98 Å². The molecule has 3 aliphatic heterocycles. The van der Waals surface area contributed by atoms with Gasteiger partial charge in [0, 0.05) is 73.5 Å². The molecule has 1 aromatic carbocycles. The van der Waals surface area contributed by atoms with Gasteiger partial charge in [0.25, 0.3) is 0 Å². The number of nitrogens with zero attached hydrogens (tertiary/aromatic N) is 5. The Morgan fingerprint density at radius 3 is 2.56 bits per heavy atom. The van der Waals surface area contributed by atoms with Gasteiger partial charge in [0.05, 0.1) is 38.9 Å². The topological polar surface area (TPSA) is 73.4 Å². The Labute approximate surface area is 259 Å². The molecule has 0 unspecified atom stereocenters. The second-order valence-electron chi connectivity index (χ2n) is 11.3. The van der Waals surface area contributed by atoms with E-state index < -0.39 is 0 Å². The summed E-state index contributed by atoms with van der Waals surface area (Å²) >= 11 is 12.5. The van der Waals surface area contributed by atoms with Crippen LogP contribution in [0.25, 0.3) is 0 Å². The van der Waals surface area contributed by atoms with E-state index in [2.05, 4.69) is 22.6 Å². The number of anilines is 2. The third-order valence-corrected chi connectivity index (χ3v) is 8.95. The standard InChI is InChI=1S/C28H39Cl2N7O.HI/c1-3-31-28(38)36-13-10-25-23(18-36)26(32-17-21-6-7-22(29)16-24(21)30)34-27(33-25)35-11-8-20(9-12-35)19-37(2)14-4-5-15-37;/h6-7,16,20H,3-5,8-15,17-19H2,1-2H3,(H-,31,32,33,34,38);1H. The highest BCUT2D eigenvalue weighted by molar-refractivity contribution is 6.35. The van der Waals surface area contributed by atoms with Crippen molar-refractivity contribution in [3.8, 4) is 0 Å². The van der Waals surface area contributed by atoms with Crippen molar-refractivity contribution in [2.24, 2.45) is 5.92 Å². The molecule has 2 fully saturated rings. The van der Waals surface area contributed by atoms with Gasteiger partial charge in [-0.05, 0) is 37.5 Å². The number of benzene rings is 1. The number of nitrogens with one attached hydrogen (secondary N) is 2. The smallest absolute Gasteiger partial charge is 0.317 e. The average molecular weight is 688 g/mol. The van der Waals surface area contributed by atoms with Crippen molar-refractivity contribution < 1.29 is 33.3 Å². The minimum atomic E-state index is -0.0506. The van der Waals surface area contributed by atoms with Crippen molar-refractivity contribution in [3.63, 3.8) is 0 Å². The van der Waals surface area contributed by atoms with Crippen molar-refractivity contribution in [1.82, 2.24) is 20.2 Å². The second-order valence-corrected chi connectivity index (χ2v) is 12.1. The first-order valence-corrected chi connectivity index (χ1v) is 14.8. The Bertz CT molecular complexity index is 1150. The molecule has 0 radical (unpaired) electrons. The molecule has 5 rings (SSSR count). The first-order chi connectivity index (χ1) is 18.3. The zero-order valence-corrected chi connectivity index (χ0v) is 26.7. The molecule has 1 aromatic heterocycles. The van der Waals surface area contributed by atoms with E-state index in [1.54, 1.807) is 6.07 Å². The molecule has 2 amide bonds. The molecule has 8 nitrogen and oxygen atoms in total. The largest absolute Gasteiger partial charge is 1.00 e. The predicted molar refractivity (Wildman–Crippen MR) is 154 cm³/mol. The molecule has 0 bridgehead atoms. The molecule has 0 aliphatic carbocycles. The predicted octanol–water partition coefficient (Wildman–Crippen LogP) is 1.94. The molecule has 2 saturated heterocycles. The van der Waals surface area contributed by atoms with Gasteiger partial charge in [-0.1, -0.05) is 29.3 Å². The summed E-state index contributed by atoms with van der Waals surface area (Å²) in [6.07, 6.45) is 5.81. The number of urea groups is 1. The molecule has 0 spiro atoms. The van der Waals surface area contributed by atoms with Crippen LogP contribution >= 0.6 is 23.2 Å². The summed E-state index contributed by atoms with van der Waals surface area (Å²) in [6.45, 7) is 10.1. The van der Waals surface area contributed by atoms with Gasteiger partial charge in [0.15, 0.2) is 0 Å². The maximum Gasteiger partial charge on any atom is 0.317 e. The fourth-order valence-electron chi connectivity index (χ4n) is 6.19. The van der Waals surface area contributed by atoms with Gasteiger partial charge in [-0.15, -0.1) is 0 Å². The van der Waals surface area contributed by atoms with Gasteiger partial charge in [-0.3, -0.25) is 0 Å². The minimum Gasteiger partial charge on any atom is -1.00 e. The second kappa shape index (κ2) is 13.4. The molecule has 0 saturated carbocycles. The summed E-state index contributed by atoms with van der Waals surface area (Å²) < 4.78 is 1.24. The zero-order chi connectivity index (χ0) is 26.7. The number of aromatic nitrogens is 2. The molecule has 11 heteroatoms. The number of hydrogen-bond acceptors (Lipinski definition) is 5. The molecular formula is C28H40Cl2IN7O.